The van der Waals surface area contributed by atoms with E-state index in [9.17, 15) is 19.8 Å². The van der Waals surface area contributed by atoms with E-state index in [1.54, 1.807) is 36.4 Å². The first kappa shape index (κ1) is 15.3. The molecule has 25 heavy (non-hydrogen) atoms. The van der Waals surface area contributed by atoms with Crippen LogP contribution in [0.5, 0.6) is 11.5 Å². The minimum absolute atomic E-state index is 0.0804. The van der Waals surface area contributed by atoms with Gasteiger partial charge in [0.1, 0.15) is 22.5 Å². The number of hydrogen-bond donors (Lipinski definition) is 2. The Bertz CT molecular complexity index is 1230. The van der Waals surface area contributed by atoms with Crippen molar-refractivity contribution in [2.24, 2.45) is 0 Å². The fourth-order valence-electron chi connectivity index (χ4n) is 3.04. The summed E-state index contributed by atoms with van der Waals surface area (Å²) in [7, 11) is 0. The first-order chi connectivity index (χ1) is 12.1. The molecule has 0 radical (unpaired) electrons. The maximum atomic E-state index is 12.2. The summed E-state index contributed by atoms with van der Waals surface area (Å²) in [6, 6.07) is 6.55. The van der Waals surface area contributed by atoms with Gasteiger partial charge in [-0.05, 0) is 31.1 Å². The molecule has 1 aromatic carbocycles. The summed E-state index contributed by atoms with van der Waals surface area (Å²) in [4.78, 5) is 24.4. The zero-order valence-electron chi connectivity index (χ0n) is 13.1. The Morgan fingerprint density at radius 3 is 2.40 bits per heavy atom. The molecule has 1 aliphatic carbocycles. The van der Waals surface area contributed by atoms with Crippen molar-refractivity contribution in [2.45, 2.75) is 19.3 Å². The average Bonchev–Trinajstić information content (AvgIpc) is 2.61. The predicted octanol–water partition coefficient (Wildman–Crippen LogP) is 1.10. The van der Waals surface area contributed by atoms with Gasteiger partial charge in [-0.25, -0.2) is 9.59 Å². The van der Waals surface area contributed by atoms with Gasteiger partial charge in [0.15, 0.2) is 0 Å². The zero-order chi connectivity index (χ0) is 17.6. The second-order valence-corrected chi connectivity index (χ2v) is 5.87. The highest BCUT2D eigenvalue weighted by molar-refractivity contribution is 5.84. The highest BCUT2D eigenvalue weighted by Crippen LogP contribution is 2.27. The summed E-state index contributed by atoms with van der Waals surface area (Å²) in [6.07, 6.45) is 4.68. The molecule has 6 nitrogen and oxygen atoms in total. The average molecular weight is 338 g/mol. The van der Waals surface area contributed by atoms with Gasteiger partial charge in [0.25, 0.3) is 0 Å². The van der Waals surface area contributed by atoms with Crippen molar-refractivity contribution in [3.05, 3.63) is 66.9 Å². The molecule has 126 valence electrons. The van der Waals surface area contributed by atoms with Crippen LogP contribution in [0.2, 0.25) is 0 Å². The maximum absolute atomic E-state index is 12.2. The van der Waals surface area contributed by atoms with E-state index in [1.807, 2.05) is 0 Å². The van der Waals surface area contributed by atoms with Gasteiger partial charge in [-0.2, -0.15) is 0 Å². The fraction of sp³-hybridized carbons (Fsp3) is 0.158. The van der Waals surface area contributed by atoms with Crippen molar-refractivity contribution in [3.8, 4) is 11.5 Å². The van der Waals surface area contributed by atoms with Crippen LogP contribution in [0, 0.1) is 0 Å². The number of benzene rings is 1. The Morgan fingerprint density at radius 1 is 0.880 bits per heavy atom. The molecular weight excluding hydrogens is 324 g/mol. The van der Waals surface area contributed by atoms with Crippen molar-refractivity contribution in [1.29, 1.82) is 0 Å². The first-order valence-corrected chi connectivity index (χ1v) is 7.85. The lowest BCUT2D eigenvalue weighted by Gasteiger charge is -2.08. The summed E-state index contributed by atoms with van der Waals surface area (Å²) >= 11 is 0. The molecule has 0 aliphatic heterocycles. The molecule has 0 amide bonds. The van der Waals surface area contributed by atoms with Crippen LogP contribution in [0.3, 0.4) is 0 Å². The Balaban J connectivity index is 1.94. The van der Waals surface area contributed by atoms with Gasteiger partial charge in [0.2, 0.25) is 0 Å². The van der Waals surface area contributed by atoms with Crippen LogP contribution in [-0.2, 0) is 6.42 Å². The first-order valence-electron chi connectivity index (χ1n) is 7.85. The van der Waals surface area contributed by atoms with Gasteiger partial charge in [0, 0.05) is 6.42 Å². The second kappa shape index (κ2) is 5.66. The van der Waals surface area contributed by atoms with Gasteiger partial charge in [0.05, 0.1) is 21.7 Å². The van der Waals surface area contributed by atoms with E-state index in [-0.39, 0.29) is 34.6 Å². The number of rotatable bonds is 2. The van der Waals surface area contributed by atoms with Crippen molar-refractivity contribution >= 4 is 23.1 Å². The van der Waals surface area contributed by atoms with Crippen LogP contribution in [0.4, 0.5) is 0 Å². The van der Waals surface area contributed by atoms with E-state index >= 15 is 0 Å². The highest BCUT2D eigenvalue weighted by atomic mass is 16.4. The minimum Gasteiger partial charge on any atom is -0.507 e. The predicted molar refractivity (Wildman–Crippen MR) is 91.0 cm³/mol. The lowest BCUT2D eigenvalue weighted by Crippen LogP contribution is -2.33. The molecule has 0 saturated heterocycles. The van der Waals surface area contributed by atoms with Crippen LogP contribution in [0.1, 0.15) is 24.0 Å². The van der Waals surface area contributed by atoms with Crippen LogP contribution in [0.15, 0.2) is 42.7 Å². The van der Waals surface area contributed by atoms with Crippen LogP contribution >= 0.6 is 0 Å². The summed E-state index contributed by atoms with van der Waals surface area (Å²) < 4.78 is 10.4. The van der Waals surface area contributed by atoms with E-state index < -0.39 is 11.3 Å². The Morgan fingerprint density at radius 2 is 1.56 bits per heavy atom. The molecule has 3 aromatic rings. The molecule has 0 unspecified atom stereocenters. The summed E-state index contributed by atoms with van der Waals surface area (Å²) in [5.41, 5.74) is -1.10. The van der Waals surface area contributed by atoms with Crippen LogP contribution in [0.25, 0.3) is 23.1 Å². The SMILES string of the molecule is O=c1oc2c(c(O)c1Cc1c(O)c3ccccc3oc1=O)=CCCC=2. The monoisotopic (exact) mass is 338 g/mol. The molecule has 1 aliphatic rings. The summed E-state index contributed by atoms with van der Waals surface area (Å²) in [5, 5.41) is 21.7. The highest BCUT2D eigenvalue weighted by Gasteiger charge is 2.20. The molecule has 0 saturated carbocycles. The van der Waals surface area contributed by atoms with Gasteiger partial charge >= 0.3 is 11.3 Å². The topological polar surface area (TPSA) is 101 Å². The number of aromatic hydroxyl groups is 2. The lowest BCUT2D eigenvalue weighted by atomic mass is 10.0. The van der Waals surface area contributed by atoms with E-state index in [1.165, 1.54) is 0 Å². The third kappa shape index (κ3) is 2.42. The molecule has 0 spiro atoms. The standard InChI is InChI=1S/C19H14O6/c20-16-10-5-1-3-7-14(10)24-18(22)12(16)9-13-17(21)11-6-2-4-8-15(11)25-19(13)23/h1,3,5-8,20-21H,2,4,9H2. The third-order valence-corrected chi connectivity index (χ3v) is 4.33. The second-order valence-electron chi connectivity index (χ2n) is 5.87. The van der Waals surface area contributed by atoms with Gasteiger partial charge in [-0.1, -0.05) is 18.2 Å². The molecule has 4 rings (SSSR count). The van der Waals surface area contributed by atoms with Gasteiger partial charge in [-0.15, -0.1) is 0 Å². The van der Waals surface area contributed by atoms with Crippen molar-refractivity contribution in [3.63, 3.8) is 0 Å². The Kier molecular flexibility index (Phi) is 3.46. The van der Waals surface area contributed by atoms with Crippen LogP contribution < -0.4 is 21.9 Å². The van der Waals surface area contributed by atoms with E-state index in [4.69, 9.17) is 8.83 Å². The third-order valence-electron chi connectivity index (χ3n) is 4.33. The molecule has 2 heterocycles. The molecule has 0 atom stereocenters. The fourth-order valence-corrected chi connectivity index (χ4v) is 3.04. The summed E-state index contributed by atoms with van der Waals surface area (Å²) in [5.74, 6) is -0.493. The van der Waals surface area contributed by atoms with Gasteiger partial charge < -0.3 is 19.0 Å². The van der Waals surface area contributed by atoms with Crippen molar-refractivity contribution in [1.82, 2.24) is 0 Å². The Hall–Kier alpha value is -3.28. The van der Waals surface area contributed by atoms with E-state index in [0.29, 0.717) is 16.0 Å². The quantitative estimate of drug-likeness (QED) is 0.679. The maximum Gasteiger partial charge on any atom is 0.343 e. The van der Waals surface area contributed by atoms with E-state index in [0.717, 1.165) is 12.8 Å². The van der Waals surface area contributed by atoms with E-state index in [2.05, 4.69) is 0 Å². The lowest BCUT2D eigenvalue weighted by molar-refractivity contribution is 0.411. The number of para-hydroxylation sites is 1. The number of fused-ring (bicyclic) bond motifs is 2. The molecule has 0 bridgehead atoms. The van der Waals surface area contributed by atoms with Crippen LogP contribution in [-0.4, -0.2) is 10.2 Å². The minimum atomic E-state index is -0.761. The zero-order valence-corrected chi connectivity index (χ0v) is 13.1. The molecular formula is C19H14O6. The molecule has 0 fully saturated rings. The molecule has 6 heteroatoms. The van der Waals surface area contributed by atoms with Crippen molar-refractivity contribution < 1.29 is 19.0 Å². The molecule has 2 N–H and O–H groups in total. The normalized spacial score (nSPS) is 13.1. The molecule has 2 aromatic heterocycles. The summed E-state index contributed by atoms with van der Waals surface area (Å²) in [6.45, 7) is 0. The van der Waals surface area contributed by atoms with Gasteiger partial charge in [-0.3, -0.25) is 0 Å². The largest absolute Gasteiger partial charge is 0.507 e. The van der Waals surface area contributed by atoms with Crippen molar-refractivity contribution in [2.75, 3.05) is 0 Å². The Labute approximate surface area is 140 Å². The smallest absolute Gasteiger partial charge is 0.343 e. The number of hydrogen-bond acceptors (Lipinski definition) is 6.